The number of nitrogens with one attached hydrogen (secondary N) is 1. The van der Waals surface area contributed by atoms with Crippen molar-refractivity contribution in [2.24, 2.45) is 0 Å². The minimum Gasteiger partial charge on any atom is -0.465 e. The van der Waals surface area contributed by atoms with Gasteiger partial charge in [-0.1, -0.05) is 0 Å². The van der Waals surface area contributed by atoms with Gasteiger partial charge in [-0.15, -0.1) is 0 Å². The van der Waals surface area contributed by atoms with E-state index in [1.165, 1.54) is 0 Å². The van der Waals surface area contributed by atoms with Crippen molar-refractivity contribution < 1.29 is 10.9 Å². The molecule has 0 amide bonds. The summed E-state index contributed by atoms with van der Waals surface area (Å²) in [6.45, 7) is 1.27. The zero-order valence-corrected chi connectivity index (χ0v) is 5.93. The maximum absolute atomic E-state index is 11.0. The van der Waals surface area contributed by atoms with E-state index in [1.807, 2.05) is 0 Å². The van der Waals surface area contributed by atoms with Crippen LogP contribution in [0.15, 0.2) is 0 Å². The van der Waals surface area contributed by atoms with Gasteiger partial charge in [-0.05, 0) is 26.3 Å². The Kier molecular flexibility index (Phi) is 2.19. The molecule has 0 saturated carbocycles. The molecule has 1 atom stereocenters. The lowest BCUT2D eigenvalue weighted by atomic mass is 10.2. The standard InChI is InChI=1S/C7H13NO2/c1-2-10-7(9)6-4-3-5-8-6/h6,8H,2-5H2,1H3/t6-/m0/s1/i1D. The highest BCUT2D eigenvalue weighted by molar-refractivity contribution is 5.76. The Labute approximate surface area is 62.2 Å². The number of esters is 1. The number of hydrogen-bond acceptors (Lipinski definition) is 3. The molecular weight excluding hydrogens is 130 g/mol. The van der Waals surface area contributed by atoms with Crippen LogP contribution in [0, 0.1) is 0 Å². The maximum atomic E-state index is 11.0. The van der Waals surface area contributed by atoms with Crippen molar-refractivity contribution in [3.63, 3.8) is 0 Å². The van der Waals surface area contributed by atoms with Gasteiger partial charge in [-0.3, -0.25) is 4.79 Å². The van der Waals surface area contributed by atoms with Crippen molar-refractivity contribution in [1.29, 1.82) is 0 Å². The molecule has 0 bridgehead atoms. The SMILES string of the molecule is [2H]CCOC(=O)[C@@H]1CCCN1. The van der Waals surface area contributed by atoms with Gasteiger partial charge in [-0.25, -0.2) is 0 Å². The van der Waals surface area contributed by atoms with Gasteiger partial charge in [-0.2, -0.15) is 0 Å². The van der Waals surface area contributed by atoms with Gasteiger partial charge in [0.05, 0.1) is 6.61 Å². The molecule has 1 saturated heterocycles. The number of hydrogen-bond donors (Lipinski definition) is 1. The Balaban J connectivity index is 2.17. The fourth-order valence-electron chi connectivity index (χ4n) is 1.09. The molecule has 3 heteroatoms. The molecule has 0 unspecified atom stereocenters. The molecule has 0 radical (unpaired) electrons. The number of ether oxygens (including phenoxy) is 1. The average Bonchev–Trinajstić information content (AvgIpc) is 2.52. The molecule has 58 valence electrons. The molecule has 0 aromatic heterocycles. The zero-order valence-electron chi connectivity index (χ0n) is 6.93. The Hall–Kier alpha value is -0.570. The first kappa shape index (κ1) is 6.16. The second-order valence-electron chi connectivity index (χ2n) is 2.32. The van der Waals surface area contributed by atoms with E-state index >= 15 is 0 Å². The fourth-order valence-corrected chi connectivity index (χ4v) is 1.09. The van der Waals surface area contributed by atoms with Crippen molar-refractivity contribution >= 4 is 5.97 Å². The van der Waals surface area contributed by atoms with Crippen molar-refractivity contribution in [3.05, 3.63) is 0 Å². The summed E-state index contributed by atoms with van der Waals surface area (Å²) >= 11 is 0. The predicted octanol–water partition coefficient (Wildman–Crippen LogP) is 0.301. The first-order chi connectivity index (χ1) is 5.34. The lowest BCUT2D eigenvalue weighted by Gasteiger charge is -2.07. The molecule has 1 aliphatic rings. The zero-order chi connectivity index (χ0) is 8.10. The third-order valence-corrected chi connectivity index (χ3v) is 1.59. The first-order valence-corrected chi connectivity index (χ1v) is 3.54. The second-order valence-corrected chi connectivity index (χ2v) is 2.32. The molecule has 1 N–H and O–H groups in total. The summed E-state index contributed by atoms with van der Waals surface area (Å²) in [6.07, 6.45) is 1.91. The summed E-state index contributed by atoms with van der Waals surface area (Å²) in [5.74, 6) is -0.199. The summed E-state index contributed by atoms with van der Waals surface area (Å²) in [7, 11) is 0. The topological polar surface area (TPSA) is 38.3 Å². The van der Waals surface area contributed by atoms with Crippen LogP contribution < -0.4 is 5.32 Å². The fraction of sp³-hybridized carbons (Fsp3) is 0.857. The molecule has 1 heterocycles. The molecule has 0 aromatic rings. The largest absolute Gasteiger partial charge is 0.465 e. The van der Waals surface area contributed by atoms with Crippen LogP contribution in [0.1, 0.15) is 21.1 Å². The first-order valence-electron chi connectivity index (χ1n) is 4.24. The molecule has 0 aliphatic carbocycles. The van der Waals surface area contributed by atoms with Gasteiger partial charge in [0.1, 0.15) is 6.04 Å². The van der Waals surface area contributed by atoms with Crippen molar-refractivity contribution in [2.75, 3.05) is 13.2 Å². The highest BCUT2D eigenvalue weighted by atomic mass is 16.5. The van der Waals surface area contributed by atoms with Crippen LogP contribution in [0.2, 0.25) is 0 Å². The number of carbonyl (C=O) groups excluding carboxylic acids is 1. The minimum atomic E-state index is -0.199. The molecular formula is C7H13NO2. The highest BCUT2D eigenvalue weighted by Crippen LogP contribution is 2.05. The van der Waals surface area contributed by atoms with Gasteiger partial charge in [0.2, 0.25) is 0 Å². The summed E-state index contributed by atoms with van der Waals surface area (Å²) in [5.41, 5.74) is 0. The van der Waals surface area contributed by atoms with Crippen LogP contribution in [0.25, 0.3) is 0 Å². The van der Waals surface area contributed by atoms with Crippen molar-refractivity contribution in [1.82, 2.24) is 5.32 Å². The van der Waals surface area contributed by atoms with Gasteiger partial charge >= 0.3 is 5.97 Å². The normalized spacial score (nSPS) is 26.0. The van der Waals surface area contributed by atoms with Crippen LogP contribution in [-0.4, -0.2) is 25.2 Å². The molecule has 1 rings (SSSR count). The van der Waals surface area contributed by atoms with E-state index in [0.717, 1.165) is 19.4 Å². The number of carbonyl (C=O) groups is 1. The molecule has 1 fully saturated rings. The van der Waals surface area contributed by atoms with E-state index in [1.54, 1.807) is 0 Å². The van der Waals surface area contributed by atoms with Gasteiger partial charge in [0.15, 0.2) is 0 Å². The third-order valence-electron chi connectivity index (χ3n) is 1.59. The van der Waals surface area contributed by atoms with E-state index in [2.05, 4.69) is 5.32 Å². The third kappa shape index (κ3) is 1.70. The van der Waals surface area contributed by atoms with Crippen LogP contribution in [0.5, 0.6) is 0 Å². The summed E-state index contributed by atoms with van der Waals surface area (Å²) in [5, 5.41) is 3.03. The molecule has 10 heavy (non-hydrogen) atoms. The average molecular weight is 144 g/mol. The van der Waals surface area contributed by atoms with E-state index in [-0.39, 0.29) is 25.5 Å². The smallest absolute Gasteiger partial charge is 0.323 e. The van der Waals surface area contributed by atoms with Crippen LogP contribution in [0.4, 0.5) is 0 Å². The lowest BCUT2D eigenvalue weighted by Crippen LogP contribution is -2.32. The summed E-state index contributed by atoms with van der Waals surface area (Å²) in [6, 6.07) is -0.110. The van der Waals surface area contributed by atoms with Gasteiger partial charge in [0, 0.05) is 1.37 Å². The monoisotopic (exact) mass is 144 g/mol. The molecule has 0 aromatic carbocycles. The van der Waals surface area contributed by atoms with Crippen molar-refractivity contribution in [2.45, 2.75) is 25.8 Å². The Morgan fingerprint density at radius 3 is 3.50 bits per heavy atom. The van der Waals surface area contributed by atoms with Gasteiger partial charge in [0.25, 0.3) is 0 Å². The van der Waals surface area contributed by atoms with Crippen LogP contribution in [0.3, 0.4) is 0 Å². The quantitative estimate of drug-likeness (QED) is 0.566. The van der Waals surface area contributed by atoms with E-state index in [0.29, 0.717) is 0 Å². The molecule has 0 spiro atoms. The Bertz CT molecular complexity index is 134. The highest BCUT2D eigenvalue weighted by Gasteiger charge is 2.22. The Morgan fingerprint density at radius 2 is 2.90 bits per heavy atom. The molecule has 3 nitrogen and oxygen atoms in total. The van der Waals surface area contributed by atoms with E-state index in [9.17, 15) is 4.79 Å². The van der Waals surface area contributed by atoms with E-state index < -0.39 is 0 Å². The molecule has 1 aliphatic heterocycles. The summed E-state index contributed by atoms with van der Waals surface area (Å²) in [4.78, 5) is 11.0. The van der Waals surface area contributed by atoms with E-state index in [4.69, 9.17) is 6.11 Å². The van der Waals surface area contributed by atoms with Gasteiger partial charge < -0.3 is 10.1 Å². The predicted molar refractivity (Wildman–Crippen MR) is 37.7 cm³/mol. The minimum absolute atomic E-state index is 0.110. The number of rotatable bonds is 2. The van der Waals surface area contributed by atoms with Crippen molar-refractivity contribution in [3.8, 4) is 0 Å². The second kappa shape index (κ2) is 3.56. The maximum Gasteiger partial charge on any atom is 0.323 e. The Morgan fingerprint density at radius 1 is 2.00 bits per heavy atom. The van der Waals surface area contributed by atoms with Crippen LogP contribution in [-0.2, 0) is 9.53 Å². The van der Waals surface area contributed by atoms with Crippen LogP contribution >= 0.6 is 0 Å². The summed E-state index contributed by atoms with van der Waals surface area (Å²) < 4.78 is 11.6. The lowest BCUT2D eigenvalue weighted by molar-refractivity contribution is -0.145.